The number of carboxylic acid groups (broad SMARTS) is 1. The zero-order valence-corrected chi connectivity index (χ0v) is 3.76. The first-order valence-electron chi connectivity index (χ1n) is 1.85. The third-order valence-corrected chi connectivity index (χ3v) is 0.390. The first-order chi connectivity index (χ1) is 3.27. The van der Waals surface area contributed by atoms with Crippen molar-refractivity contribution >= 4 is 5.97 Å². The minimum atomic E-state index is -1.20. The summed E-state index contributed by atoms with van der Waals surface area (Å²) in [7, 11) is 0. The summed E-state index contributed by atoms with van der Waals surface area (Å²) >= 11 is 0. The molecule has 0 saturated carbocycles. The second-order valence-electron chi connectivity index (χ2n) is 0.957. The summed E-state index contributed by atoms with van der Waals surface area (Å²) in [6, 6.07) is 0. The van der Waals surface area contributed by atoms with Gasteiger partial charge in [-0.3, -0.25) is 0 Å². The number of rotatable bonds is 2. The predicted molar refractivity (Wildman–Crippen MR) is 23.2 cm³/mol. The highest BCUT2D eigenvalue weighted by molar-refractivity contribution is 5.77. The molecule has 0 atom stereocenters. The Morgan fingerprint density at radius 3 is 2.57 bits per heavy atom. The van der Waals surface area contributed by atoms with Gasteiger partial charge in [-0.1, -0.05) is 6.08 Å². The summed E-state index contributed by atoms with van der Waals surface area (Å²) in [4.78, 5) is 9.50. The van der Waals surface area contributed by atoms with E-state index in [4.69, 9.17) is 5.73 Å². The maximum Gasteiger partial charge on any atom is 0.0640 e. The minimum Gasteiger partial charge on any atom is -0.545 e. The molecule has 0 amide bonds. The van der Waals surface area contributed by atoms with Gasteiger partial charge in [0.25, 0.3) is 0 Å². The van der Waals surface area contributed by atoms with Crippen LogP contribution in [0.4, 0.5) is 0 Å². The van der Waals surface area contributed by atoms with Crippen molar-refractivity contribution in [3.05, 3.63) is 12.2 Å². The molecular weight excluding hydrogens is 94.0 g/mol. The Morgan fingerprint density at radius 1 is 1.86 bits per heavy atom. The number of carbonyl (C=O) groups is 1. The molecule has 0 spiro atoms. The van der Waals surface area contributed by atoms with Gasteiger partial charge in [0.15, 0.2) is 0 Å². The van der Waals surface area contributed by atoms with Crippen molar-refractivity contribution < 1.29 is 9.90 Å². The van der Waals surface area contributed by atoms with Crippen LogP contribution >= 0.6 is 0 Å². The van der Waals surface area contributed by atoms with E-state index >= 15 is 0 Å². The Kier molecular flexibility index (Phi) is 2.96. The molecule has 0 aromatic heterocycles. The lowest BCUT2D eigenvalue weighted by molar-refractivity contribution is -0.297. The Hall–Kier alpha value is -0.830. The van der Waals surface area contributed by atoms with E-state index in [1.807, 2.05) is 0 Å². The van der Waals surface area contributed by atoms with Crippen LogP contribution in [0, 0.1) is 0 Å². The average molecular weight is 100 g/mol. The Morgan fingerprint density at radius 2 is 2.43 bits per heavy atom. The molecule has 0 rings (SSSR count). The molecule has 3 nitrogen and oxygen atoms in total. The van der Waals surface area contributed by atoms with Crippen molar-refractivity contribution in [1.29, 1.82) is 0 Å². The molecule has 0 aliphatic carbocycles. The molecule has 0 aromatic rings. The fourth-order valence-electron chi connectivity index (χ4n) is 0.164. The quantitative estimate of drug-likeness (QED) is 0.418. The topological polar surface area (TPSA) is 66.2 Å². The first kappa shape index (κ1) is 6.17. The van der Waals surface area contributed by atoms with E-state index in [1.54, 1.807) is 0 Å². The average Bonchev–Trinajstić information content (AvgIpc) is 1.61. The molecule has 0 saturated heterocycles. The van der Waals surface area contributed by atoms with Crippen molar-refractivity contribution in [3.63, 3.8) is 0 Å². The normalized spacial score (nSPS) is 9.86. The Labute approximate surface area is 41.4 Å². The van der Waals surface area contributed by atoms with E-state index in [-0.39, 0.29) is 6.54 Å². The van der Waals surface area contributed by atoms with Crippen LogP contribution in [0.1, 0.15) is 0 Å². The van der Waals surface area contributed by atoms with Crippen LogP contribution in [0.2, 0.25) is 0 Å². The number of carbonyl (C=O) groups excluding carboxylic acids is 1. The molecule has 7 heavy (non-hydrogen) atoms. The minimum absolute atomic E-state index is 0.244. The number of hydrogen-bond acceptors (Lipinski definition) is 3. The van der Waals surface area contributed by atoms with Gasteiger partial charge in [-0.05, 0) is 6.08 Å². The second-order valence-corrected chi connectivity index (χ2v) is 0.957. The maximum absolute atomic E-state index is 9.50. The van der Waals surface area contributed by atoms with Gasteiger partial charge in [-0.25, -0.2) is 0 Å². The van der Waals surface area contributed by atoms with E-state index in [9.17, 15) is 9.90 Å². The molecule has 3 heteroatoms. The Bertz CT molecular complexity index is 87.7. The lowest BCUT2D eigenvalue weighted by Crippen LogP contribution is -2.19. The van der Waals surface area contributed by atoms with Crippen LogP contribution in [0.3, 0.4) is 0 Å². The summed E-state index contributed by atoms with van der Waals surface area (Å²) in [6.45, 7) is 0.244. The highest BCUT2D eigenvalue weighted by Crippen LogP contribution is 1.61. The van der Waals surface area contributed by atoms with E-state index in [2.05, 4.69) is 0 Å². The fourth-order valence-corrected chi connectivity index (χ4v) is 0.164. The Balaban J connectivity index is 3.26. The SMILES string of the molecule is NC/C=C\C(=O)[O-]. The molecule has 0 unspecified atom stereocenters. The van der Waals surface area contributed by atoms with Crippen molar-refractivity contribution in [2.45, 2.75) is 0 Å². The van der Waals surface area contributed by atoms with Crippen molar-refractivity contribution in [3.8, 4) is 0 Å². The number of aliphatic carboxylic acids is 1. The van der Waals surface area contributed by atoms with Crippen molar-refractivity contribution in [2.24, 2.45) is 5.73 Å². The van der Waals surface area contributed by atoms with Gasteiger partial charge < -0.3 is 15.6 Å². The molecule has 2 N–H and O–H groups in total. The fraction of sp³-hybridized carbons (Fsp3) is 0.250. The standard InChI is InChI=1S/C4H7NO2/c5-3-1-2-4(6)7/h1-2H,3,5H2,(H,6,7)/p-1/b2-1-. The summed E-state index contributed by atoms with van der Waals surface area (Å²) in [6.07, 6.45) is 2.22. The third kappa shape index (κ3) is 5.17. The molecular formula is C4H6NO2-. The number of nitrogens with two attached hydrogens (primary N) is 1. The first-order valence-corrected chi connectivity index (χ1v) is 1.85. The van der Waals surface area contributed by atoms with Gasteiger partial charge >= 0.3 is 0 Å². The highest BCUT2D eigenvalue weighted by Gasteiger charge is 1.66. The molecule has 0 heterocycles. The van der Waals surface area contributed by atoms with E-state index in [0.29, 0.717) is 0 Å². The monoisotopic (exact) mass is 100 g/mol. The molecule has 0 radical (unpaired) electrons. The van der Waals surface area contributed by atoms with Crippen LogP contribution in [-0.4, -0.2) is 12.5 Å². The summed E-state index contributed by atoms with van der Waals surface area (Å²) in [5.41, 5.74) is 4.90. The molecule has 0 aliphatic rings. The molecule has 0 aromatic carbocycles. The predicted octanol–water partition coefficient (Wildman–Crippen LogP) is -1.75. The molecule has 0 aliphatic heterocycles. The van der Waals surface area contributed by atoms with Crippen LogP contribution in [0.25, 0.3) is 0 Å². The van der Waals surface area contributed by atoms with Crippen molar-refractivity contribution in [2.75, 3.05) is 6.54 Å². The van der Waals surface area contributed by atoms with E-state index in [0.717, 1.165) is 6.08 Å². The van der Waals surface area contributed by atoms with Crippen molar-refractivity contribution in [1.82, 2.24) is 0 Å². The van der Waals surface area contributed by atoms with Crippen LogP contribution in [-0.2, 0) is 4.79 Å². The van der Waals surface area contributed by atoms with Gasteiger partial charge in [0.05, 0.1) is 5.97 Å². The van der Waals surface area contributed by atoms with Crippen LogP contribution in [0.5, 0.6) is 0 Å². The zero-order chi connectivity index (χ0) is 5.70. The summed E-state index contributed by atoms with van der Waals surface area (Å²) in [5.74, 6) is -1.20. The maximum atomic E-state index is 9.50. The van der Waals surface area contributed by atoms with Crippen LogP contribution in [0.15, 0.2) is 12.2 Å². The number of carboxylic acids is 1. The highest BCUT2D eigenvalue weighted by atomic mass is 16.4. The van der Waals surface area contributed by atoms with Gasteiger partial charge in [-0.2, -0.15) is 0 Å². The van der Waals surface area contributed by atoms with Crippen LogP contribution < -0.4 is 10.8 Å². The number of hydrogen-bond donors (Lipinski definition) is 1. The smallest absolute Gasteiger partial charge is 0.0640 e. The molecule has 0 bridgehead atoms. The summed E-state index contributed by atoms with van der Waals surface area (Å²) in [5, 5.41) is 9.50. The zero-order valence-electron chi connectivity index (χ0n) is 3.76. The van der Waals surface area contributed by atoms with Gasteiger partial charge in [-0.15, -0.1) is 0 Å². The van der Waals surface area contributed by atoms with Gasteiger partial charge in [0.2, 0.25) is 0 Å². The third-order valence-electron chi connectivity index (χ3n) is 0.390. The van der Waals surface area contributed by atoms with E-state index < -0.39 is 5.97 Å². The summed E-state index contributed by atoms with van der Waals surface area (Å²) < 4.78 is 0. The molecule has 40 valence electrons. The van der Waals surface area contributed by atoms with E-state index in [1.165, 1.54) is 6.08 Å². The molecule has 0 fully saturated rings. The largest absolute Gasteiger partial charge is 0.545 e. The van der Waals surface area contributed by atoms with Gasteiger partial charge in [0, 0.05) is 6.54 Å². The van der Waals surface area contributed by atoms with Gasteiger partial charge in [0.1, 0.15) is 0 Å². The lowest BCUT2D eigenvalue weighted by Gasteiger charge is -1.85. The lowest BCUT2D eigenvalue weighted by atomic mass is 10.5. The second kappa shape index (κ2) is 3.36.